The zero-order chi connectivity index (χ0) is 18.0. The van der Waals surface area contributed by atoms with E-state index in [1.165, 1.54) is 11.1 Å². The number of nitrogens with one attached hydrogen (secondary N) is 2. The average molecular weight is 346 g/mol. The number of rotatable bonds is 2. The smallest absolute Gasteiger partial charge is 0.0728 e. The Balaban J connectivity index is 1.55. The molecule has 2 aromatic heterocycles. The lowest BCUT2D eigenvalue weighted by molar-refractivity contribution is -0.0775. The Morgan fingerprint density at radius 2 is 1.12 bits per heavy atom. The van der Waals surface area contributed by atoms with Gasteiger partial charge in [-0.1, -0.05) is 23.3 Å². The first kappa shape index (κ1) is 15.7. The van der Waals surface area contributed by atoms with Crippen LogP contribution in [0.1, 0.15) is 34.1 Å². The summed E-state index contributed by atoms with van der Waals surface area (Å²) in [4.78, 5) is 6.53. The summed E-state index contributed by atoms with van der Waals surface area (Å²) in [5.41, 5.74) is 6.41. The van der Waals surface area contributed by atoms with Gasteiger partial charge in [0, 0.05) is 46.0 Å². The van der Waals surface area contributed by atoms with E-state index in [2.05, 4.69) is 48.1 Å². The molecule has 4 aromatic rings. The lowest BCUT2D eigenvalue weighted by atomic mass is 9.63. The van der Waals surface area contributed by atoms with E-state index in [4.69, 9.17) is 0 Å². The normalized spacial score (nSPS) is 25.7. The van der Waals surface area contributed by atoms with Gasteiger partial charge in [0.15, 0.2) is 0 Å². The molecule has 0 bridgehead atoms. The van der Waals surface area contributed by atoms with E-state index in [1.54, 1.807) is 0 Å². The molecule has 1 aliphatic rings. The number of hydrogen-bond acceptors (Lipinski definition) is 2. The Hall–Kier alpha value is -2.56. The lowest BCUT2D eigenvalue weighted by Crippen LogP contribution is -2.51. The molecule has 0 radical (unpaired) electrons. The number of aliphatic hydroxyl groups excluding tert-OH is 2. The Morgan fingerprint density at radius 3 is 1.54 bits per heavy atom. The van der Waals surface area contributed by atoms with Crippen LogP contribution < -0.4 is 0 Å². The van der Waals surface area contributed by atoms with E-state index in [9.17, 15) is 10.2 Å². The number of aliphatic hydroxyl groups is 2. The van der Waals surface area contributed by atoms with Crippen molar-refractivity contribution in [1.29, 1.82) is 0 Å². The SMILES string of the molecule is Cc1ccc2[nH]cc(C3C(O)C(c4c[nH]c5ccc(C)cc45)C3O)c2c1. The van der Waals surface area contributed by atoms with Gasteiger partial charge in [-0.2, -0.15) is 0 Å². The van der Waals surface area contributed by atoms with Crippen LogP contribution in [0.3, 0.4) is 0 Å². The van der Waals surface area contributed by atoms with Crippen molar-refractivity contribution in [3.63, 3.8) is 0 Å². The molecule has 4 N–H and O–H groups in total. The van der Waals surface area contributed by atoms with Gasteiger partial charge in [0.05, 0.1) is 12.2 Å². The van der Waals surface area contributed by atoms with Crippen molar-refractivity contribution in [3.8, 4) is 0 Å². The second-order valence-electron chi connectivity index (χ2n) is 7.62. The molecule has 26 heavy (non-hydrogen) atoms. The Labute approximate surface area is 151 Å². The molecule has 0 amide bonds. The second-order valence-corrected chi connectivity index (χ2v) is 7.62. The highest BCUT2D eigenvalue weighted by atomic mass is 16.3. The standard InChI is InChI=1S/C22H22N2O2/c1-11-3-5-17-13(7-11)15(9-23-17)19-21(25)20(22(19)26)16-10-24-18-6-4-12(2)8-14(16)18/h3-10,19-26H,1-2H3. The first-order valence-corrected chi connectivity index (χ1v) is 9.06. The maximum atomic E-state index is 11.0. The van der Waals surface area contributed by atoms with E-state index < -0.39 is 12.2 Å². The van der Waals surface area contributed by atoms with Crippen molar-refractivity contribution in [2.45, 2.75) is 37.9 Å². The number of aromatic amines is 2. The van der Waals surface area contributed by atoms with Gasteiger partial charge in [-0.25, -0.2) is 0 Å². The maximum Gasteiger partial charge on any atom is 0.0728 e. The van der Waals surface area contributed by atoms with E-state index in [0.717, 1.165) is 32.9 Å². The minimum Gasteiger partial charge on any atom is -0.392 e. The van der Waals surface area contributed by atoms with Crippen LogP contribution in [-0.2, 0) is 0 Å². The molecule has 1 saturated carbocycles. The summed E-state index contributed by atoms with van der Waals surface area (Å²) >= 11 is 0. The zero-order valence-corrected chi connectivity index (χ0v) is 14.8. The minimum absolute atomic E-state index is 0.273. The summed E-state index contributed by atoms with van der Waals surface area (Å²) in [6.07, 6.45) is 2.64. The predicted octanol–water partition coefficient (Wildman–Crippen LogP) is 3.87. The monoisotopic (exact) mass is 346 g/mol. The summed E-state index contributed by atoms with van der Waals surface area (Å²) < 4.78 is 0. The Kier molecular flexibility index (Phi) is 3.30. The van der Waals surface area contributed by atoms with Crippen molar-refractivity contribution < 1.29 is 10.2 Å². The fourth-order valence-electron chi connectivity index (χ4n) is 4.50. The molecule has 4 nitrogen and oxygen atoms in total. The van der Waals surface area contributed by atoms with Crippen molar-refractivity contribution in [3.05, 3.63) is 71.0 Å². The van der Waals surface area contributed by atoms with Gasteiger partial charge in [0.2, 0.25) is 0 Å². The average Bonchev–Trinajstić information content (AvgIpc) is 3.20. The summed E-state index contributed by atoms with van der Waals surface area (Å²) in [5.74, 6) is -0.546. The van der Waals surface area contributed by atoms with Crippen LogP contribution >= 0.6 is 0 Å². The van der Waals surface area contributed by atoms with Gasteiger partial charge in [-0.05, 0) is 49.2 Å². The number of aromatic nitrogens is 2. The Morgan fingerprint density at radius 1 is 0.692 bits per heavy atom. The third kappa shape index (κ3) is 2.09. The van der Waals surface area contributed by atoms with Crippen molar-refractivity contribution in [2.75, 3.05) is 0 Å². The summed E-state index contributed by atoms with van der Waals surface area (Å²) in [5, 5.41) is 24.1. The van der Waals surface area contributed by atoms with Gasteiger partial charge in [0.1, 0.15) is 0 Å². The van der Waals surface area contributed by atoms with E-state index in [0.29, 0.717) is 0 Å². The topological polar surface area (TPSA) is 72.0 Å². The molecule has 0 atom stereocenters. The van der Waals surface area contributed by atoms with E-state index in [-0.39, 0.29) is 11.8 Å². The third-order valence-electron chi connectivity index (χ3n) is 5.93. The molecule has 132 valence electrons. The quantitative estimate of drug-likeness (QED) is 0.445. The van der Waals surface area contributed by atoms with Crippen molar-refractivity contribution >= 4 is 21.8 Å². The third-order valence-corrected chi connectivity index (χ3v) is 5.93. The molecule has 2 heterocycles. The van der Waals surface area contributed by atoms with Crippen molar-refractivity contribution in [1.82, 2.24) is 9.97 Å². The van der Waals surface area contributed by atoms with Gasteiger partial charge in [-0.3, -0.25) is 0 Å². The molecule has 4 heteroatoms. The molecular weight excluding hydrogens is 324 g/mol. The van der Waals surface area contributed by atoms with Gasteiger partial charge < -0.3 is 20.2 Å². The minimum atomic E-state index is -0.607. The zero-order valence-electron chi connectivity index (χ0n) is 14.8. The number of hydrogen-bond donors (Lipinski definition) is 4. The van der Waals surface area contributed by atoms with Gasteiger partial charge in [0.25, 0.3) is 0 Å². The fourth-order valence-corrected chi connectivity index (χ4v) is 4.50. The molecular formula is C22H22N2O2. The molecule has 0 spiro atoms. The number of benzene rings is 2. The summed E-state index contributed by atoms with van der Waals surface area (Å²) in [6.45, 7) is 4.11. The van der Waals surface area contributed by atoms with Crippen molar-refractivity contribution in [2.24, 2.45) is 0 Å². The first-order chi connectivity index (χ1) is 12.5. The highest BCUT2D eigenvalue weighted by Gasteiger charge is 2.51. The van der Waals surface area contributed by atoms with Gasteiger partial charge >= 0.3 is 0 Å². The second kappa shape index (κ2) is 5.47. The van der Waals surface area contributed by atoms with Gasteiger partial charge in [-0.15, -0.1) is 0 Å². The van der Waals surface area contributed by atoms with Crippen LogP contribution in [0.25, 0.3) is 21.8 Å². The fraction of sp³-hybridized carbons (Fsp3) is 0.273. The highest BCUT2D eigenvalue weighted by molar-refractivity contribution is 5.86. The molecule has 2 aromatic carbocycles. The van der Waals surface area contributed by atoms with Crippen LogP contribution in [0.2, 0.25) is 0 Å². The lowest BCUT2D eigenvalue weighted by Gasteiger charge is -2.46. The number of fused-ring (bicyclic) bond motifs is 2. The van der Waals surface area contributed by atoms with Crippen LogP contribution in [-0.4, -0.2) is 32.4 Å². The molecule has 1 aliphatic carbocycles. The summed E-state index contributed by atoms with van der Waals surface area (Å²) in [7, 11) is 0. The van der Waals surface area contributed by atoms with Crippen LogP contribution in [0, 0.1) is 13.8 Å². The molecule has 1 fully saturated rings. The predicted molar refractivity (Wildman–Crippen MR) is 104 cm³/mol. The highest BCUT2D eigenvalue weighted by Crippen LogP contribution is 2.51. The Bertz CT molecular complexity index is 1030. The largest absolute Gasteiger partial charge is 0.392 e. The van der Waals surface area contributed by atoms with E-state index in [1.807, 2.05) is 24.5 Å². The summed E-state index contributed by atoms with van der Waals surface area (Å²) in [6, 6.07) is 12.4. The van der Waals surface area contributed by atoms with Crippen LogP contribution in [0.4, 0.5) is 0 Å². The van der Waals surface area contributed by atoms with Crippen LogP contribution in [0.15, 0.2) is 48.8 Å². The first-order valence-electron chi connectivity index (χ1n) is 9.06. The number of H-pyrrole nitrogens is 2. The van der Waals surface area contributed by atoms with E-state index >= 15 is 0 Å². The molecule has 0 saturated heterocycles. The maximum absolute atomic E-state index is 11.0. The molecule has 5 rings (SSSR count). The molecule has 0 unspecified atom stereocenters. The van der Waals surface area contributed by atoms with Crippen LogP contribution in [0.5, 0.6) is 0 Å². The number of aryl methyl sites for hydroxylation is 2. The molecule has 0 aliphatic heterocycles.